The molecule has 4 bridgehead atoms. The molecular formula is C39H45ClN4S2. The van der Waals surface area contributed by atoms with E-state index in [-0.39, 0.29) is 0 Å². The number of fused-ring (bicyclic) bond motifs is 8. The molecule has 4 nitrogen and oxygen atoms in total. The quantitative estimate of drug-likeness (QED) is 0.223. The van der Waals surface area contributed by atoms with Crippen LogP contribution in [-0.4, -0.2) is 34.0 Å². The smallest absolute Gasteiger partial charge is 0.0805 e. The number of thioether (sulfide) groups is 2. The third kappa shape index (κ3) is 7.51. The lowest BCUT2D eigenvalue weighted by molar-refractivity contribution is 0.730. The van der Waals surface area contributed by atoms with Gasteiger partial charge in [0.05, 0.1) is 5.69 Å². The van der Waals surface area contributed by atoms with Crippen molar-refractivity contribution >= 4 is 57.2 Å². The Morgan fingerprint density at radius 2 is 1.76 bits per heavy atom. The van der Waals surface area contributed by atoms with Gasteiger partial charge in [-0.15, -0.1) is 23.5 Å². The van der Waals surface area contributed by atoms with Crippen molar-refractivity contribution in [2.45, 2.75) is 64.0 Å². The summed E-state index contributed by atoms with van der Waals surface area (Å²) in [5, 5.41) is 20.4. The standard InChI is InChI=1S/C39H45ClN4S2/c1-24(2)25(3)33-14-10-8-12-28-18-32(19-29-13-9-11-15-35(28)29)46-22-31(42-6)20-30(41)21-45-23-37-39(27(5)44(7)43-37)38-26(4)34(33)16-17-36(38)40/h9,11,13,15-20,41-42H,1,8,10,12,14,21-23H2,2-7H3/b31-20-,33-25+,41-30?. The van der Waals surface area contributed by atoms with Crippen LogP contribution in [-0.2, 0) is 19.2 Å². The lowest BCUT2D eigenvalue weighted by Gasteiger charge is -2.20. The summed E-state index contributed by atoms with van der Waals surface area (Å²) in [4.78, 5) is 1.27. The summed E-state index contributed by atoms with van der Waals surface area (Å²) >= 11 is 10.6. The van der Waals surface area contributed by atoms with Gasteiger partial charge in [-0.1, -0.05) is 54.1 Å². The Bertz CT molecular complexity index is 1860. The van der Waals surface area contributed by atoms with Crippen molar-refractivity contribution in [3.63, 3.8) is 0 Å². The highest BCUT2D eigenvalue weighted by atomic mass is 35.5. The summed E-state index contributed by atoms with van der Waals surface area (Å²) in [6.45, 7) is 13.0. The first-order chi connectivity index (χ1) is 22.1. The molecule has 0 saturated carbocycles. The van der Waals surface area contributed by atoms with Gasteiger partial charge in [-0.2, -0.15) is 5.10 Å². The molecule has 0 unspecified atom stereocenters. The summed E-state index contributed by atoms with van der Waals surface area (Å²) in [6, 6.07) is 17.7. The molecule has 0 atom stereocenters. The predicted octanol–water partition coefficient (Wildman–Crippen LogP) is 10.7. The molecule has 0 aliphatic carbocycles. The second-order valence-electron chi connectivity index (χ2n) is 12.2. The molecular weight excluding hydrogens is 624 g/mol. The van der Waals surface area contributed by atoms with Gasteiger partial charge in [0.15, 0.2) is 0 Å². The van der Waals surface area contributed by atoms with Crippen LogP contribution in [0.2, 0.25) is 5.02 Å². The molecule has 1 aromatic heterocycles. The SMILES string of the molecule is C=C(C)/C(C)=C1\CCCCc2cc(cc3ccccc23)SC/C(NC)=C/C(=N)CSCc2nn(C)c(C)c2-c2c(Cl)ccc1c2C. The van der Waals surface area contributed by atoms with E-state index in [1.165, 1.54) is 43.5 Å². The molecule has 2 heterocycles. The van der Waals surface area contributed by atoms with Gasteiger partial charge < -0.3 is 10.7 Å². The van der Waals surface area contributed by atoms with E-state index in [1.54, 1.807) is 11.8 Å². The van der Waals surface area contributed by atoms with E-state index in [0.717, 1.165) is 70.2 Å². The number of hydrogen-bond donors (Lipinski definition) is 2. The number of aromatic nitrogens is 2. The van der Waals surface area contributed by atoms with Crippen LogP contribution in [0.5, 0.6) is 0 Å². The molecule has 0 saturated heterocycles. The molecule has 240 valence electrons. The minimum Gasteiger partial charge on any atom is -0.391 e. The van der Waals surface area contributed by atoms with Crippen LogP contribution >= 0.6 is 35.1 Å². The second kappa shape index (κ2) is 15.1. The number of benzene rings is 3. The van der Waals surface area contributed by atoms with E-state index < -0.39 is 0 Å². The maximum absolute atomic E-state index is 8.75. The molecule has 0 fully saturated rings. The summed E-state index contributed by atoms with van der Waals surface area (Å²) in [5.74, 6) is 2.08. The molecule has 0 amide bonds. The predicted molar refractivity (Wildman–Crippen MR) is 204 cm³/mol. The zero-order valence-electron chi connectivity index (χ0n) is 27.9. The number of halogens is 1. The molecule has 2 N–H and O–H groups in total. The Hall–Kier alpha value is -3.19. The first-order valence-electron chi connectivity index (χ1n) is 15.9. The Labute approximate surface area is 288 Å². The topological polar surface area (TPSA) is 53.7 Å². The van der Waals surface area contributed by atoms with Crippen LogP contribution < -0.4 is 5.32 Å². The van der Waals surface area contributed by atoms with E-state index >= 15 is 0 Å². The van der Waals surface area contributed by atoms with Crippen molar-refractivity contribution in [1.82, 2.24) is 15.1 Å². The van der Waals surface area contributed by atoms with Crippen LogP contribution in [0.1, 0.15) is 61.2 Å². The molecule has 3 aromatic carbocycles. The van der Waals surface area contributed by atoms with Crippen molar-refractivity contribution in [2.24, 2.45) is 7.05 Å². The summed E-state index contributed by atoms with van der Waals surface area (Å²) in [5.41, 5.74) is 13.4. The highest BCUT2D eigenvalue weighted by Crippen LogP contribution is 2.42. The first-order valence-corrected chi connectivity index (χ1v) is 18.5. The van der Waals surface area contributed by atoms with Crippen LogP contribution in [0.4, 0.5) is 0 Å². The zero-order valence-corrected chi connectivity index (χ0v) is 30.3. The number of aryl methyl sites for hydroxylation is 2. The average molecular weight is 669 g/mol. The van der Waals surface area contributed by atoms with Crippen LogP contribution in [0.15, 0.2) is 82.9 Å². The van der Waals surface area contributed by atoms with E-state index in [9.17, 15) is 0 Å². The normalized spacial score (nSPS) is 17.5. The number of nitrogens with zero attached hydrogens (tertiary/aromatic N) is 2. The van der Waals surface area contributed by atoms with Gasteiger partial charge in [-0.3, -0.25) is 4.68 Å². The fourth-order valence-corrected chi connectivity index (χ4v) is 8.41. The lowest BCUT2D eigenvalue weighted by Crippen LogP contribution is -2.11. The monoisotopic (exact) mass is 668 g/mol. The summed E-state index contributed by atoms with van der Waals surface area (Å²) < 4.78 is 1.96. The van der Waals surface area contributed by atoms with Crippen molar-refractivity contribution in [3.05, 3.63) is 111 Å². The highest BCUT2D eigenvalue weighted by Gasteiger charge is 2.22. The number of nitrogens with one attached hydrogen (secondary N) is 2. The van der Waals surface area contributed by atoms with Gasteiger partial charge in [0.25, 0.3) is 0 Å². The van der Waals surface area contributed by atoms with Crippen LogP contribution in [0, 0.1) is 19.3 Å². The number of allylic oxidation sites excluding steroid dienone is 4. The summed E-state index contributed by atoms with van der Waals surface area (Å²) in [6.07, 6.45) is 6.14. The van der Waals surface area contributed by atoms with Gasteiger partial charge in [-0.25, -0.2) is 0 Å². The molecule has 4 aromatic rings. The van der Waals surface area contributed by atoms with Crippen molar-refractivity contribution in [3.8, 4) is 11.1 Å². The minimum absolute atomic E-state index is 0.593. The number of rotatable bonds is 2. The van der Waals surface area contributed by atoms with E-state index in [2.05, 4.69) is 88.1 Å². The van der Waals surface area contributed by atoms with E-state index in [1.807, 2.05) is 36.6 Å². The second-order valence-corrected chi connectivity index (χ2v) is 14.7. The Morgan fingerprint density at radius 3 is 2.52 bits per heavy atom. The van der Waals surface area contributed by atoms with Crippen LogP contribution in [0.3, 0.4) is 0 Å². The number of hydrogen-bond acceptors (Lipinski definition) is 5. The lowest BCUT2D eigenvalue weighted by atomic mass is 9.86. The largest absolute Gasteiger partial charge is 0.391 e. The third-order valence-electron chi connectivity index (χ3n) is 9.09. The average Bonchev–Trinajstić information content (AvgIpc) is 3.31. The molecule has 5 rings (SSSR count). The van der Waals surface area contributed by atoms with E-state index in [4.69, 9.17) is 22.1 Å². The van der Waals surface area contributed by atoms with Crippen molar-refractivity contribution in [2.75, 3.05) is 18.6 Å². The first kappa shape index (κ1) is 34.2. The summed E-state index contributed by atoms with van der Waals surface area (Å²) in [7, 11) is 3.95. The molecule has 1 aliphatic heterocycles. The minimum atomic E-state index is 0.593. The fraction of sp³-hybridized carbons (Fsp3) is 0.333. The Morgan fingerprint density at radius 1 is 1.00 bits per heavy atom. The molecule has 0 spiro atoms. The van der Waals surface area contributed by atoms with Gasteiger partial charge >= 0.3 is 0 Å². The van der Waals surface area contributed by atoms with Gasteiger partial charge in [0.1, 0.15) is 0 Å². The maximum Gasteiger partial charge on any atom is 0.0805 e. The zero-order chi connectivity index (χ0) is 33.0. The Kier molecular flexibility index (Phi) is 11.2. The molecule has 7 heteroatoms. The third-order valence-corrected chi connectivity index (χ3v) is 11.4. The van der Waals surface area contributed by atoms with E-state index in [0.29, 0.717) is 17.2 Å². The molecule has 0 radical (unpaired) electrons. The highest BCUT2D eigenvalue weighted by molar-refractivity contribution is 7.99. The van der Waals surface area contributed by atoms with Gasteiger partial charge in [-0.05, 0) is 116 Å². The van der Waals surface area contributed by atoms with Crippen molar-refractivity contribution < 1.29 is 0 Å². The van der Waals surface area contributed by atoms with Gasteiger partial charge in [0.2, 0.25) is 0 Å². The van der Waals surface area contributed by atoms with Gasteiger partial charge in [0, 0.05) is 69.5 Å². The fourth-order valence-electron chi connectivity index (χ4n) is 6.32. The molecule has 1 aliphatic rings. The van der Waals surface area contributed by atoms with Crippen LogP contribution in [0.25, 0.3) is 27.5 Å². The molecule has 46 heavy (non-hydrogen) atoms. The van der Waals surface area contributed by atoms with Crippen molar-refractivity contribution in [1.29, 1.82) is 5.41 Å². The Balaban J connectivity index is 1.60. The maximum atomic E-state index is 8.75.